The lowest BCUT2D eigenvalue weighted by Gasteiger charge is -2.29. The van der Waals surface area contributed by atoms with Gasteiger partial charge in [0.15, 0.2) is 0 Å². The molecule has 1 N–H and O–H groups in total. The lowest BCUT2D eigenvalue weighted by molar-refractivity contribution is 0.0724. The molecule has 1 aliphatic heterocycles. The third kappa shape index (κ3) is 3.01. The van der Waals surface area contributed by atoms with Crippen LogP contribution >= 0.6 is 0 Å². The first-order valence-corrected chi connectivity index (χ1v) is 8.40. The fraction of sp³-hybridized carbons (Fsp3) is 0.200. The normalized spacial score (nSPS) is 13.5. The van der Waals surface area contributed by atoms with Crippen molar-refractivity contribution in [2.75, 3.05) is 6.54 Å². The molecule has 1 amide bonds. The zero-order valence-electron chi connectivity index (χ0n) is 13.8. The van der Waals surface area contributed by atoms with Crippen molar-refractivity contribution in [3.05, 3.63) is 93.7 Å². The minimum absolute atomic E-state index is 0.108. The number of hydrogen-bond donors (Lipinski definition) is 1. The lowest BCUT2D eigenvalue weighted by atomic mass is 10.00. The maximum absolute atomic E-state index is 13.0. The Hall–Kier alpha value is -3.08. The number of rotatable bonds is 3. The van der Waals surface area contributed by atoms with E-state index in [1.54, 1.807) is 0 Å². The van der Waals surface area contributed by atoms with Gasteiger partial charge >= 0.3 is 5.69 Å². The van der Waals surface area contributed by atoms with Crippen LogP contribution in [0.5, 0.6) is 0 Å². The van der Waals surface area contributed by atoms with Gasteiger partial charge in [-0.15, -0.1) is 0 Å². The van der Waals surface area contributed by atoms with Crippen molar-refractivity contribution in [1.82, 2.24) is 14.5 Å². The van der Waals surface area contributed by atoms with Crippen LogP contribution in [-0.2, 0) is 19.5 Å². The topological polar surface area (TPSA) is 58.1 Å². The van der Waals surface area contributed by atoms with E-state index in [1.807, 2.05) is 47.4 Å². The third-order valence-corrected chi connectivity index (χ3v) is 4.69. The van der Waals surface area contributed by atoms with Crippen LogP contribution in [0.1, 0.15) is 27.2 Å². The van der Waals surface area contributed by atoms with E-state index in [2.05, 4.69) is 17.1 Å². The van der Waals surface area contributed by atoms with Crippen LogP contribution in [0.15, 0.2) is 65.6 Å². The minimum atomic E-state index is -0.260. The largest absolute Gasteiger partial charge is 0.333 e. The summed E-state index contributed by atoms with van der Waals surface area (Å²) in [6, 6.07) is 17.9. The summed E-state index contributed by atoms with van der Waals surface area (Å²) in [6.45, 7) is 1.63. The number of aromatic amines is 1. The zero-order chi connectivity index (χ0) is 17.2. The van der Waals surface area contributed by atoms with Crippen molar-refractivity contribution in [1.29, 1.82) is 0 Å². The van der Waals surface area contributed by atoms with E-state index in [-0.39, 0.29) is 11.6 Å². The monoisotopic (exact) mass is 333 g/mol. The molecule has 0 spiro atoms. The van der Waals surface area contributed by atoms with Gasteiger partial charge in [0.1, 0.15) is 5.69 Å². The predicted octanol–water partition coefficient (Wildman–Crippen LogP) is 2.42. The average molecular weight is 333 g/mol. The second kappa shape index (κ2) is 6.43. The Morgan fingerprint density at radius 1 is 1.00 bits per heavy atom. The molecule has 0 bridgehead atoms. The highest BCUT2D eigenvalue weighted by Crippen LogP contribution is 2.20. The summed E-state index contributed by atoms with van der Waals surface area (Å²) >= 11 is 0. The summed E-state index contributed by atoms with van der Waals surface area (Å²) in [5.41, 5.74) is 3.61. The van der Waals surface area contributed by atoms with Crippen LogP contribution in [0.3, 0.4) is 0 Å². The van der Waals surface area contributed by atoms with E-state index in [0.717, 1.165) is 12.0 Å². The van der Waals surface area contributed by atoms with E-state index < -0.39 is 0 Å². The van der Waals surface area contributed by atoms with Crippen molar-refractivity contribution in [2.45, 2.75) is 19.5 Å². The summed E-state index contributed by atoms with van der Waals surface area (Å²) in [6.07, 6.45) is 2.36. The highest BCUT2D eigenvalue weighted by molar-refractivity contribution is 5.92. The van der Waals surface area contributed by atoms with Crippen LogP contribution in [0.25, 0.3) is 0 Å². The molecule has 2 aromatic carbocycles. The number of H-pyrrole nitrogens is 1. The van der Waals surface area contributed by atoms with E-state index in [0.29, 0.717) is 25.3 Å². The predicted molar refractivity (Wildman–Crippen MR) is 95.5 cm³/mol. The quantitative estimate of drug-likeness (QED) is 0.800. The molecule has 0 unspecified atom stereocenters. The van der Waals surface area contributed by atoms with Crippen molar-refractivity contribution in [3.63, 3.8) is 0 Å². The molecule has 3 aromatic rings. The molecule has 1 aromatic heterocycles. The highest BCUT2D eigenvalue weighted by Gasteiger charge is 2.24. The smallest absolute Gasteiger partial charge is 0.326 e. The third-order valence-electron chi connectivity index (χ3n) is 4.69. The number of hydrogen-bond acceptors (Lipinski definition) is 2. The summed E-state index contributed by atoms with van der Waals surface area (Å²) in [7, 11) is 0. The van der Waals surface area contributed by atoms with Gasteiger partial charge in [0.25, 0.3) is 5.91 Å². The molecule has 5 nitrogen and oxygen atoms in total. The molecule has 0 atom stereocenters. The molecule has 126 valence electrons. The van der Waals surface area contributed by atoms with Gasteiger partial charge in [-0.2, -0.15) is 0 Å². The Balaban J connectivity index is 1.60. The molecule has 0 saturated carbocycles. The van der Waals surface area contributed by atoms with Crippen molar-refractivity contribution in [2.24, 2.45) is 0 Å². The van der Waals surface area contributed by atoms with Crippen LogP contribution < -0.4 is 5.69 Å². The van der Waals surface area contributed by atoms with Gasteiger partial charge in [-0.1, -0.05) is 54.6 Å². The number of amides is 1. The molecule has 1 aliphatic rings. The molecule has 25 heavy (non-hydrogen) atoms. The first-order chi connectivity index (χ1) is 12.2. The Labute approximate surface area is 145 Å². The number of nitrogens with zero attached hydrogens (tertiary/aromatic N) is 2. The van der Waals surface area contributed by atoms with Crippen LogP contribution in [0, 0.1) is 0 Å². The fourth-order valence-electron chi connectivity index (χ4n) is 3.33. The first kappa shape index (κ1) is 15.4. The number of carbonyl (C=O) groups is 1. The molecule has 0 fully saturated rings. The SMILES string of the molecule is O=C(c1c[nH]c(=O)n1Cc1ccccc1)N1CCc2ccccc2C1. The highest BCUT2D eigenvalue weighted by atomic mass is 16.2. The molecule has 5 heteroatoms. The Bertz CT molecular complexity index is 956. The number of benzene rings is 2. The number of carbonyl (C=O) groups excluding carboxylic acids is 1. The summed E-state index contributed by atoms with van der Waals surface area (Å²) in [5, 5.41) is 0. The minimum Gasteiger partial charge on any atom is -0.333 e. The molecule has 0 aliphatic carbocycles. The molecule has 4 rings (SSSR count). The second-order valence-corrected chi connectivity index (χ2v) is 6.30. The van der Waals surface area contributed by atoms with Gasteiger partial charge in [-0.05, 0) is 23.1 Å². The summed E-state index contributed by atoms with van der Waals surface area (Å²) in [5.74, 6) is -0.108. The van der Waals surface area contributed by atoms with Crippen molar-refractivity contribution >= 4 is 5.91 Å². The number of imidazole rings is 1. The van der Waals surface area contributed by atoms with Crippen LogP contribution in [0.4, 0.5) is 0 Å². The van der Waals surface area contributed by atoms with Gasteiger partial charge in [0.2, 0.25) is 0 Å². The van der Waals surface area contributed by atoms with Crippen molar-refractivity contribution in [3.8, 4) is 0 Å². The standard InChI is InChI=1S/C20H19N3O2/c24-19(22-11-10-16-8-4-5-9-17(16)14-22)18-12-21-20(25)23(18)13-15-6-2-1-3-7-15/h1-9,12H,10-11,13-14H2,(H,21,25). The molecular weight excluding hydrogens is 314 g/mol. The molecule has 0 saturated heterocycles. The van der Waals surface area contributed by atoms with Gasteiger partial charge in [-0.3, -0.25) is 9.36 Å². The molecule has 2 heterocycles. The van der Waals surface area contributed by atoms with Crippen molar-refractivity contribution < 1.29 is 4.79 Å². The zero-order valence-corrected chi connectivity index (χ0v) is 13.8. The summed E-state index contributed by atoms with van der Waals surface area (Å²) < 4.78 is 1.51. The Kier molecular flexibility index (Phi) is 3.98. The second-order valence-electron chi connectivity index (χ2n) is 6.30. The maximum Gasteiger partial charge on any atom is 0.326 e. The number of aromatic nitrogens is 2. The summed E-state index contributed by atoms with van der Waals surface area (Å²) in [4.78, 5) is 29.6. The average Bonchev–Trinajstić information content (AvgIpc) is 3.02. The Morgan fingerprint density at radius 2 is 1.72 bits per heavy atom. The van der Waals surface area contributed by atoms with Crippen LogP contribution in [-0.4, -0.2) is 26.9 Å². The first-order valence-electron chi connectivity index (χ1n) is 8.40. The van der Waals surface area contributed by atoms with Gasteiger partial charge in [0, 0.05) is 19.3 Å². The van der Waals surface area contributed by atoms with Crippen LogP contribution in [0.2, 0.25) is 0 Å². The maximum atomic E-state index is 13.0. The van der Waals surface area contributed by atoms with Gasteiger partial charge < -0.3 is 9.88 Å². The van der Waals surface area contributed by atoms with E-state index in [4.69, 9.17) is 0 Å². The molecule has 0 radical (unpaired) electrons. The van der Waals surface area contributed by atoms with E-state index in [1.165, 1.54) is 21.9 Å². The van der Waals surface area contributed by atoms with E-state index in [9.17, 15) is 9.59 Å². The lowest BCUT2D eigenvalue weighted by Crippen LogP contribution is -2.37. The number of nitrogens with one attached hydrogen (secondary N) is 1. The van der Waals surface area contributed by atoms with E-state index >= 15 is 0 Å². The van der Waals surface area contributed by atoms with Gasteiger partial charge in [-0.25, -0.2) is 4.79 Å². The number of fused-ring (bicyclic) bond motifs is 1. The molecular formula is C20H19N3O2. The van der Waals surface area contributed by atoms with Gasteiger partial charge in [0.05, 0.1) is 6.54 Å². The fourth-order valence-corrected chi connectivity index (χ4v) is 3.33. The Morgan fingerprint density at radius 3 is 2.52 bits per heavy atom.